The predicted octanol–water partition coefficient (Wildman–Crippen LogP) is 4.34. The van der Waals surface area contributed by atoms with Crippen molar-refractivity contribution in [2.75, 3.05) is 54.5 Å². The molecule has 0 amide bonds. The van der Waals surface area contributed by atoms with E-state index in [0.717, 1.165) is 54.3 Å². The zero-order chi connectivity index (χ0) is 20.2. The van der Waals surface area contributed by atoms with Crippen molar-refractivity contribution < 1.29 is 4.74 Å². The van der Waals surface area contributed by atoms with Crippen LogP contribution in [0.4, 0.5) is 22.2 Å². The van der Waals surface area contributed by atoms with Crippen LogP contribution in [-0.2, 0) is 0 Å². The number of aryl methyl sites for hydroxylation is 1. The fourth-order valence-electron chi connectivity index (χ4n) is 3.68. The van der Waals surface area contributed by atoms with Gasteiger partial charge in [-0.15, -0.1) is 10.2 Å². The van der Waals surface area contributed by atoms with Crippen LogP contribution in [0.1, 0.15) is 11.9 Å². The Morgan fingerprint density at radius 2 is 1.45 bits per heavy atom. The van der Waals surface area contributed by atoms with E-state index in [1.54, 1.807) is 18.4 Å². The molecule has 1 aliphatic rings. The molecular weight excluding hydrogens is 382 g/mol. The maximum Gasteiger partial charge on any atom is 0.212 e. The van der Waals surface area contributed by atoms with Gasteiger partial charge in [-0.1, -0.05) is 11.3 Å². The molecule has 152 valence electrons. The Balaban J connectivity index is 1.39. The van der Waals surface area contributed by atoms with Crippen LogP contribution in [0.15, 0.2) is 48.5 Å². The Morgan fingerprint density at radius 3 is 1.90 bits per heavy atom. The smallest absolute Gasteiger partial charge is 0.212 e. The van der Waals surface area contributed by atoms with E-state index in [-0.39, 0.29) is 0 Å². The first kappa shape index (κ1) is 19.5. The quantitative estimate of drug-likeness (QED) is 0.603. The number of benzene rings is 2. The van der Waals surface area contributed by atoms with E-state index in [1.165, 1.54) is 11.4 Å². The number of methoxy groups -OCH3 is 1. The molecule has 1 fully saturated rings. The highest BCUT2D eigenvalue weighted by Crippen LogP contribution is 2.30. The van der Waals surface area contributed by atoms with Crippen LogP contribution in [0.5, 0.6) is 5.75 Å². The second-order valence-electron chi connectivity index (χ2n) is 7.04. The molecule has 2 aromatic carbocycles. The van der Waals surface area contributed by atoms with Crippen molar-refractivity contribution in [3.05, 3.63) is 53.5 Å². The van der Waals surface area contributed by atoms with Crippen molar-refractivity contribution in [3.8, 4) is 5.75 Å². The molecule has 6 nitrogen and oxygen atoms in total. The van der Waals surface area contributed by atoms with Gasteiger partial charge in [0.05, 0.1) is 7.11 Å². The molecule has 7 heteroatoms. The minimum absolute atomic E-state index is 0.870. The predicted molar refractivity (Wildman–Crippen MR) is 121 cm³/mol. The maximum atomic E-state index is 5.26. The molecule has 1 aliphatic heterocycles. The molecule has 0 N–H and O–H groups in total. The number of piperazine rings is 1. The minimum atomic E-state index is 0.870. The summed E-state index contributed by atoms with van der Waals surface area (Å²) in [5.41, 5.74) is 3.68. The molecule has 0 unspecified atom stereocenters. The summed E-state index contributed by atoms with van der Waals surface area (Å²) < 4.78 is 5.26. The number of hydrogen-bond acceptors (Lipinski definition) is 7. The van der Waals surface area contributed by atoms with Gasteiger partial charge >= 0.3 is 0 Å². The summed E-state index contributed by atoms with van der Waals surface area (Å²) in [7, 11) is 1.70. The van der Waals surface area contributed by atoms with Gasteiger partial charge in [-0.2, -0.15) is 0 Å². The molecule has 4 rings (SSSR count). The first-order chi connectivity index (χ1) is 14.2. The second kappa shape index (κ2) is 8.69. The topological polar surface area (TPSA) is 44.7 Å². The number of nitrogens with zero attached hydrogens (tertiary/aromatic N) is 5. The van der Waals surface area contributed by atoms with Crippen molar-refractivity contribution in [2.45, 2.75) is 13.8 Å². The van der Waals surface area contributed by atoms with Gasteiger partial charge in [-0.3, -0.25) is 0 Å². The first-order valence-electron chi connectivity index (χ1n) is 9.99. The van der Waals surface area contributed by atoms with Crippen LogP contribution in [0.2, 0.25) is 0 Å². The number of anilines is 4. The lowest BCUT2D eigenvalue weighted by Crippen LogP contribution is -2.46. The van der Waals surface area contributed by atoms with Crippen molar-refractivity contribution in [2.24, 2.45) is 0 Å². The van der Waals surface area contributed by atoms with Gasteiger partial charge in [0, 0.05) is 49.8 Å². The van der Waals surface area contributed by atoms with Gasteiger partial charge in [0.15, 0.2) is 0 Å². The van der Waals surface area contributed by atoms with Crippen LogP contribution in [0.25, 0.3) is 0 Å². The van der Waals surface area contributed by atoms with Crippen LogP contribution in [0.3, 0.4) is 0 Å². The summed E-state index contributed by atoms with van der Waals surface area (Å²) in [4.78, 5) is 7.09. The summed E-state index contributed by atoms with van der Waals surface area (Å²) in [5, 5.41) is 10.4. The molecule has 29 heavy (non-hydrogen) atoms. The lowest BCUT2D eigenvalue weighted by Gasteiger charge is -2.37. The van der Waals surface area contributed by atoms with Crippen LogP contribution < -0.4 is 19.4 Å². The zero-order valence-electron chi connectivity index (χ0n) is 17.2. The van der Waals surface area contributed by atoms with Crippen LogP contribution >= 0.6 is 11.3 Å². The molecule has 3 aromatic rings. The highest BCUT2D eigenvalue weighted by Gasteiger charge is 2.18. The number of aromatic nitrogens is 2. The Hall–Kier alpha value is -2.80. The molecular formula is C22H27N5OS. The third kappa shape index (κ3) is 4.29. The van der Waals surface area contributed by atoms with Crippen LogP contribution in [0, 0.1) is 6.92 Å². The summed E-state index contributed by atoms with van der Waals surface area (Å²) in [6, 6.07) is 17.1. The van der Waals surface area contributed by atoms with Crippen molar-refractivity contribution in [3.63, 3.8) is 0 Å². The van der Waals surface area contributed by atoms with E-state index in [2.05, 4.69) is 68.2 Å². The molecule has 1 aromatic heterocycles. The molecule has 0 atom stereocenters. The lowest BCUT2D eigenvalue weighted by molar-refractivity contribution is 0.415. The highest BCUT2D eigenvalue weighted by atomic mass is 32.1. The SMILES string of the molecule is CCN(c1ccc(N2CCN(c3ccc(OC)cc3)CC2)cc1)c1nnc(C)s1. The average Bonchev–Trinajstić information content (AvgIpc) is 3.21. The van der Waals surface area contributed by atoms with Crippen LogP contribution in [-0.4, -0.2) is 50.0 Å². The number of rotatable bonds is 6. The largest absolute Gasteiger partial charge is 0.497 e. The summed E-state index contributed by atoms with van der Waals surface area (Å²) in [5.74, 6) is 0.900. The van der Waals surface area contributed by atoms with E-state index < -0.39 is 0 Å². The van der Waals surface area contributed by atoms with Gasteiger partial charge in [-0.25, -0.2) is 0 Å². The third-order valence-corrected chi connectivity index (χ3v) is 6.17. The van der Waals surface area contributed by atoms with Crippen molar-refractivity contribution in [1.29, 1.82) is 0 Å². The van der Waals surface area contributed by atoms with E-state index in [4.69, 9.17) is 4.74 Å². The maximum absolute atomic E-state index is 5.26. The standard InChI is InChI=1S/C22H27N5OS/c1-4-27(22-24-23-17(2)29-22)20-7-5-18(6-8-20)25-13-15-26(16-14-25)19-9-11-21(28-3)12-10-19/h5-12H,4,13-16H2,1-3H3. The molecule has 0 spiro atoms. The van der Waals surface area contributed by atoms with E-state index in [1.807, 2.05) is 19.1 Å². The van der Waals surface area contributed by atoms with Gasteiger partial charge in [0.25, 0.3) is 0 Å². The fraction of sp³-hybridized carbons (Fsp3) is 0.364. The fourth-order valence-corrected chi connectivity index (χ4v) is 4.45. The summed E-state index contributed by atoms with van der Waals surface area (Å²) in [6.07, 6.45) is 0. The Bertz CT molecular complexity index is 917. The number of hydrogen-bond donors (Lipinski definition) is 0. The Labute approximate surface area is 176 Å². The van der Waals surface area contributed by atoms with Crippen molar-refractivity contribution >= 4 is 33.5 Å². The van der Waals surface area contributed by atoms with Gasteiger partial charge in [-0.05, 0) is 62.4 Å². The van der Waals surface area contributed by atoms with E-state index in [0.29, 0.717) is 0 Å². The summed E-state index contributed by atoms with van der Waals surface area (Å²) >= 11 is 1.63. The zero-order valence-corrected chi connectivity index (χ0v) is 18.0. The van der Waals surface area contributed by atoms with Gasteiger partial charge < -0.3 is 19.4 Å². The van der Waals surface area contributed by atoms with Gasteiger partial charge in [0.2, 0.25) is 5.13 Å². The Kier molecular flexibility index (Phi) is 5.85. The lowest BCUT2D eigenvalue weighted by atomic mass is 10.2. The highest BCUT2D eigenvalue weighted by molar-refractivity contribution is 7.15. The molecule has 0 aliphatic carbocycles. The molecule has 0 radical (unpaired) electrons. The molecule has 0 saturated carbocycles. The monoisotopic (exact) mass is 409 g/mol. The minimum Gasteiger partial charge on any atom is -0.497 e. The van der Waals surface area contributed by atoms with E-state index in [9.17, 15) is 0 Å². The number of ether oxygens (including phenoxy) is 1. The first-order valence-corrected chi connectivity index (χ1v) is 10.8. The second-order valence-corrected chi connectivity index (χ2v) is 8.20. The Morgan fingerprint density at radius 1 is 0.897 bits per heavy atom. The molecule has 1 saturated heterocycles. The normalized spacial score (nSPS) is 14.2. The van der Waals surface area contributed by atoms with Crippen molar-refractivity contribution in [1.82, 2.24) is 10.2 Å². The van der Waals surface area contributed by atoms with E-state index >= 15 is 0 Å². The molecule has 2 heterocycles. The van der Waals surface area contributed by atoms with Gasteiger partial charge in [0.1, 0.15) is 10.8 Å². The third-order valence-electron chi connectivity index (χ3n) is 5.31. The molecule has 0 bridgehead atoms. The summed E-state index contributed by atoms with van der Waals surface area (Å²) in [6.45, 7) is 9.05. The average molecular weight is 410 g/mol.